The van der Waals surface area contributed by atoms with Crippen LogP contribution < -0.4 is 4.72 Å². The van der Waals surface area contributed by atoms with Crippen LogP contribution >= 0.6 is 15.9 Å². The normalized spacial score (nSPS) is 11.3. The van der Waals surface area contributed by atoms with Gasteiger partial charge in [0.1, 0.15) is 10.6 Å². The second-order valence-electron chi connectivity index (χ2n) is 4.77. The first-order chi connectivity index (χ1) is 10.2. The number of aromatic nitrogens is 1. The van der Waals surface area contributed by atoms with E-state index >= 15 is 0 Å². The molecular weight excluding hydrogens is 372 g/mol. The number of ether oxygens (including phenoxy) is 1. The van der Waals surface area contributed by atoms with Crippen molar-refractivity contribution in [3.05, 3.63) is 45.7 Å². The molecule has 0 saturated carbocycles. The lowest BCUT2D eigenvalue weighted by atomic mass is 10.2. The van der Waals surface area contributed by atoms with Crippen molar-refractivity contribution < 1.29 is 17.9 Å². The van der Waals surface area contributed by atoms with Gasteiger partial charge in [-0.1, -0.05) is 6.07 Å². The van der Waals surface area contributed by atoms with E-state index in [2.05, 4.69) is 30.4 Å². The van der Waals surface area contributed by atoms with Crippen molar-refractivity contribution in [1.29, 1.82) is 0 Å². The van der Waals surface area contributed by atoms with Gasteiger partial charge in [0.25, 0.3) is 10.0 Å². The van der Waals surface area contributed by atoms with Crippen LogP contribution in [0.2, 0.25) is 0 Å². The maximum absolute atomic E-state index is 12.5. The van der Waals surface area contributed by atoms with Gasteiger partial charge in [-0.15, -0.1) is 0 Å². The van der Waals surface area contributed by atoms with E-state index in [-0.39, 0.29) is 16.3 Å². The molecule has 2 rings (SSSR count). The molecule has 0 aliphatic carbocycles. The van der Waals surface area contributed by atoms with E-state index in [0.717, 1.165) is 5.56 Å². The fraction of sp³-hybridized carbons (Fsp3) is 0.214. The summed E-state index contributed by atoms with van der Waals surface area (Å²) < 4.78 is 32.5. The van der Waals surface area contributed by atoms with E-state index in [4.69, 9.17) is 0 Å². The molecule has 6 nitrogen and oxygen atoms in total. The molecule has 2 aromatic rings. The molecule has 2 N–H and O–H groups in total. The van der Waals surface area contributed by atoms with Gasteiger partial charge in [-0.3, -0.25) is 4.72 Å². The molecule has 8 heteroatoms. The standard InChI is InChI=1S/C14H15BrN2O4S/c1-8-4-5-12(10(15)6-8)22(19,20)17-11-7-9(2)16-13(11)14(18)21-3/h4-7,16-17H,1-3H3. The predicted molar refractivity (Wildman–Crippen MR) is 86.6 cm³/mol. The van der Waals surface area contributed by atoms with Gasteiger partial charge in [-0.05, 0) is 53.5 Å². The third-order valence-electron chi connectivity index (χ3n) is 2.96. The molecule has 0 atom stereocenters. The fourth-order valence-electron chi connectivity index (χ4n) is 1.96. The Bertz CT molecular complexity index is 827. The highest BCUT2D eigenvalue weighted by Crippen LogP contribution is 2.27. The first-order valence-electron chi connectivity index (χ1n) is 6.31. The van der Waals surface area contributed by atoms with Crippen LogP contribution in [0.1, 0.15) is 21.7 Å². The Morgan fingerprint density at radius 3 is 2.55 bits per heavy atom. The monoisotopic (exact) mass is 386 g/mol. The van der Waals surface area contributed by atoms with Crippen molar-refractivity contribution in [3.8, 4) is 0 Å². The van der Waals surface area contributed by atoms with E-state index in [1.54, 1.807) is 19.1 Å². The quantitative estimate of drug-likeness (QED) is 0.790. The molecule has 0 amide bonds. The number of H-pyrrole nitrogens is 1. The number of carbonyl (C=O) groups excluding carboxylic acids is 1. The topological polar surface area (TPSA) is 88.3 Å². The first-order valence-corrected chi connectivity index (χ1v) is 8.59. The smallest absolute Gasteiger partial charge is 0.356 e. The summed E-state index contributed by atoms with van der Waals surface area (Å²) in [5.74, 6) is -0.645. The van der Waals surface area contributed by atoms with Crippen molar-refractivity contribution in [2.75, 3.05) is 11.8 Å². The zero-order chi connectivity index (χ0) is 16.5. The lowest BCUT2D eigenvalue weighted by Crippen LogP contribution is -2.16. The Morgan fingerprint density at radius 1 is 1.27 bits per heavy atom. The zero-order valence-electron chi connectivity index (χ0n) is 12.2. The minimum atomic E-state index is -3.84. The minimum Gasteiger partial charge on any atom is -0.464 e. The van der Waals surface area contributed by atoms with E-state index in [0.29, 0.717) is 10.2 Å². The largest absolute Gasteiger partial charge is 0.464 e. The van der Waals surface area contributed by atoms with Crippen LogP contribution in [0.3, 0.4) is 0 Å². The van der Waals surface area contributed by atoms with E-state index in [1.165, 1.54) is 19.2 Å². The number of hydrogen-bond donors (Lipinski definition) is 2. The number of aryl methyl sites for hydroxylation is 2. The van der Waals surface area contributed by atoms with Gasteiger partial charge in [0, 0.05) is 10.2 Å². The third kappa shape index (κ3) is 3.33. The summed E-state index contributed by atoms with van der Waals surface area (Å²) in [5.41, 5.74) is 1.78. The average Bonchev–Trinajstić information content (AvgIpc) is 2.77. The highest BCUT2D eigenvalue weighted by atomic mass is 79.9. The number of esters is 1. The van der Waals surface area contributed by atoms with Crippen LogP contribution in [0.5, 0.6) is 0 Å². The van der Waals surface area contributed by atoms with Crippen molar-refractivity contribution in [1.82, 2.24) is 4.98 Å². The van der Waals surface area contributed by atoms with E-state index in [1.807, 2.05) is 6.92 Å². The number of sulfonamides is 1. The van der Waals surface area contributed by atoms with Crippen LogP contribution in [-0.4, -0.2) is 26.5 Å². The molecule has 118 valence electrons. The van der Waals surface area contributed by atoms with Crippen molar-refractivity contribution in [2.24, 2.45) is 0 Å². The average molecular weight is 387 g/mol. The van der Waals surface area contributed by atoms with Crippen LogP contribution in [0.25, 0.3) is 0 Å². The molecule has 1 heterocycles. The maximum atomic E-state index is 12.5. The number of hydrogen-bond acceptors (Lipinski definition) is 4. The van der Waals surface area contributed by atoms with Crippen LogP contribution in [0.15, 0.2) is 33.6 Å². The van der Waals surface area contributed by atoms with Crippen molar-refractivity contribution in [2.45, 2.75) is 18.7 Å². The summed E-state index contributed by atoms with van der Waals surface area (Å²) in [6, 6.07) is 6.44. The summed E-state index contributed by atoms with van der Waals surface area (Å²) >= 11 is 3.24. The van der Waals surface area contributed by atoms with Gasteiger partial charge < -0.3 is 9.72 Å². The highest BCUT2D eigenvalue weighted by Gasteiger charge is 2.22. The highest BCUT2D eigenvalue weighted by molar-refractivity contribution is 9.10. The van der Waals surface area contributed by atoms with Gasteiger partial charge in [-0.25, -0.2) is 13.2 Å². The zero-order valence-corrected chi connectivity index (χ0v) is 14.6. The predicted octanol–water partition coefficient (Wildman–Crippen LogP) is 2.98. The van der Waals surface area contributed by atoms with Gasteiger partial charge in [0.15, 0.2) is 0 Å². The molecule has 0 aliphatic rings. The third-order valence-corrected chi connectivity index (χ3v) is 5.31. The molecule has 22 heavy (non-hydrogen) atoms. The number of halogens is 1. The van der Waals surface area contributed by atoms with Crippen LogP contribution in [-0.2, 0) is 14.8 Å². The molecule has 1 aromatic carbocycles. The first kappa shape index (κ1) is 16.6. The molecular formula is C14H15BrN2O4S. The Hall–Kier alpha value is -1.80. The fourth-order valence-corrected chi connectivity index (χ4v) is 4.21. The number of methoxy groups -OCH3 is 1. The summed E-state index contributed by atoms with van der Waals surface area (Å²) in [5, 5.41) is 0. The Balaban J connectivity index is 2.43. The SMILES string of the molecule is COC(=O)c1[nH]c(C)cc1NS(=O)(=O)c1ccc(C)cc1Br. The van der Waals surface area contributed by atoms with E-state index < -0.39 is 16.0 Å². The number of rotatable bonds is 4. The maximum Gasteiger partial charge on any atom is 0.356 e. The van der Waals surface area contributed by atoms with Gasteiger partial charge in [0.05, 0.1) is 12.8 Å². The summed E-state index contributed by atoms with van der Waals surface area (Å²) in [7, 11) is -2.61. The summed E-state index contributed by atoms with van der Waals surface area (Å²) in [4.78, 5) is 14.6. The lowest BCUT2D eigenvalue weighted by molar-refractivity contribution is 0.0596. The second kappa shape index (κ2) is 6.13. The van der Waals surface area contributed by atoms with Gasteiger partial charge >= 0.3 is 5.97 Å². The molecule has 0 saturated heterocycles. The van der Waals surface area contributed by atoms with E-state index in [9.17, 15) is 13.2 Å². The molecule has 0 aliphatic heterocycles. The number of aromatic amines is 1. The molecule has 1 aromatic heterocycles. The summed E-state index contributed by atoms with van der Waals surface area (Å²) in [6.07, 6.45) is 0. The molecule has 0 radical (unpaired) electrons. The van der Waals surface area contributed by atoms with Crippen molar-refractivity contribution in [3.63, 3.8) is 0 Å². The number of nitrogens with one attached hydrogen (secondary N) is 2. The molecule has 0 spiro atoms. The Morgan fingerprint density at radius 2 is 1.95 bits per heavy atom. The Labute approximate surface area is 137 Å². The molecule has 0 fully saturated rings. The minimum absolute atomic E-state index is 0.0619. The number of anilines is 1. The molecule has 0 unspecified atom stereocenters. The number of benzene rings is 1. The number of carbonyl (C=O) groups is 1. The van der Waals surface area contributed by atoms with Crippen LogP contribution in [0.4, 0.5) is 5.69 Å². The van der Waals surface area contributed by atoms with Crippen LogP contribution in [0, 0.1) is 13.8 Å². The van der Waals surface area contributed by atoms with Crippen molar-refractivity contribution >= 4 is 37.6 Å². The Kier molecular flexibility index (Phi) is 4.62. The summed E-state index contributed by atoms with van der Waals surface area (Å²) in [6.45, 7) is 3.57. The van der Waals surface area contributed by atoms with Gasteiger partial charge in [0.2, 0.25) is 0 Å². The lowest BCUT2D eigenvalue weighted by Gasteiger charge is -2.10. The molecule has 0 bridgehead atoms. The second-order valence-corrected chi connectivity index (χ2v) is 7.28. The van der Waals surface area contributed by atoms with Gasteiger partial charge in [-0.2, -0.15) is 0 Å².